The van der Waals surface area contributed by atoms with Crippen LogP contribution in [0.5, 0.6) is 5.75 Å². The lowest BCUT2D eigenvalue weighted by Crippen LogP contribution is -2.32. The molecule has 0 aromatic heterocycles. The second-order valence-electron chi connectivity index (χ2n) is 6.19. The van der Waals surface area contributed by atoms with Gasteiger partial charge in [0.2, 0.25) is 5.91 Å². The fourth-order valence-corrected chi connectivity index (χ4v) is 2.80. The molecule has 0 aliphatic rings. The van der Waals surface area contributed by atoms with Crippen LogP contribution in [0.3, 0.4) is 0 Å². The first-order valence-electron chi connectivity index (χ1n) is 7.77. The summed E-state index contributed by atoms with van der Waals surface area (Å²) in [7, 11) is -3.64. The summed E-state index contributed by atoms with van der Waals surface area (Å²) in [4.78, 5) is 14.1. The van der Waals surface area contributed by atoms with Gasteiger partial charge in [-0.3, -0.25) is 4.79 Å². The Kier molecular flexibility index (Phi) is 8.25. The number of allylic oxidation sites excluding steroid dienone is 1. The molecule has 0 saturated carbocycles. The van der Waals surface area contributed by atoms with E-state index in [0.29, 0.717) is 17.1 Å². The van der Waals surface area contributed by atoms with Gasteiger partial charge in [-0.15, -0.1) is 11.6 Å². The number of alkyl halides is 1. The van der Waals surface area contributed by atoms with Gasteiger partial charge in [0.25, 0.3) is 0 Å². The average molecular weight is 408 g/mol. The van der Waals surface area contributed by atoms with E-state index in [1.54, 1.807) is 24.0 Å². The maximum atomic E-state index is 12.4. The van der Waals surface area contributed by atoms with E-state index in [0.717, 1.165) is 6.26 Å². The number of amides is 1. The first kappa shape index (κ1) is 21.8. The van der Waals surface area contributed by atoms with Crippen molar-refractivity contribution in [2.45, 2.75) is 32.7 Å². The lowest BCUT2D eigenvalue weighted by molar-refractivity contribution is -0.127. The van der Waals surface area contributed by atoms with Crippen molar-refractivity contribution in [3.05, 3.63) is 40.9 Å². The summed E-state index contributed by atoms with van der Waals surface area (Å²) < 4.78 is 27.4. The largest absolute Gasteiger partial charge is 0.383 e. The van der Waals surface area contributed by atoms with Gasteiger partial charge in [0.1, 0.15) is 5.75 Å². The molecular formula is C17H23Cl2NO4S. The van der Waals surface area contributed by atoms with Crippen LogP contribution in [-0.4, -0.2) is 37.4 Å². The van der Waals surface area contributed by atoms with Crippen LogP contribution in [0.25, 0.3) is 0 Å². The highest BCUT2D eigenvalue weighted by Crippen LogP contribution is 2.25. The van der Waals surface area contributed by atoms with E-state index in [9.17, 15) is 13.2 Å². The first-order chi connectivity index (χ1) is 11.5. The van der Waals surface area contributed by atoms with E-state index >= 15 is 0 Å². The Morgan fingerprint density at radius 1 is 1.32 bits per heavy atom. The molecule has 8 heteroatoms. The average Bonchev–Trinajstić information content (AvgIpc) is 2.45. The Hall–Kier alpha value is -1.24. The Morgan fingerprint density at radius 3 is 2.48 bits per heavy atom. The first-order valence-corrected chi connectivity index (χ1v) is 10.4. The van der Waals surface area contributed by atoms with Crippen LogP contribution in [0.4, 0.5) is 0 Å². The van der Waals surface area contributed by atoms with Crippen molar-refractivity contribution in [2.75, 3.05) is 12.8 Å². The third-order valence-electron chi connectivity index (χ3n) is 3.03. The second kappa shape index (κ2) is 9.46. The zero-order chi connectivity index (χ0) is 19.2. The Balaban J connectivity index is 3.06. The Morgan fingerprint density at radius 2 is 1.96 bits per heavy atom. The number of halogens is 2. The van der Waals surface area contributed by atoms with E-state index in [4.69, 9.17) is 27.4 Å². The van der Waals surface area contributed by atoms with Crippen LogP contribution in [0, 0.1) is 5.92 Å². The van der Waals surface area contributed by atoms with E-state index in [1.807, 2.05) is 13.8 Å². The highest BCUT2D eigenvalue weighted by molar-refractivity contribution is 7.86. The SMILES string of the molecule is CC(Cl)/C=C/C(=O)N(Cc1cc(OS(C)(=O)=O)ccc1Cl)CC(C)C. The van der Waals surface area contributed by atoms with Crippen LogP contribution in [0.1, 0.15) is 26.3 Å². The summed E-state index contributed by atoms with van der Waals surface area (Å²) in [6.07, 6.45) is 4.01. The Bertz CT molecular complexity index is 730. The molecule has 140 valence electrons. The molecule has 0 aliphatic carbocycles. The zero-order valence-electron chi connectivity index (χ0n) is 14.7. The van der Waals surface area contributed by atoms with E-state index < -0.39 is 10.1 Å². The lowest BCUT2D eigenvalue weighted by atomic mass is 10.1. The number of carbonyl (C=O) groups is 1. The molecule has 1 amide bonds. The maximum Gasteiger partial charge on any atom is 0.306 e. The fraction of sp³-hybridized carbons (Fsp3) is 0.471. The molecule has 1 atom stereocenters. The number of benzene rings is 1. The van der Waals surface area contributed by atoms with Gasteiger partial charge >= 0.3 is 10.1 Å². The molecule has 1 aromatic rings. The highest BCUT2D eigenvalue weighted by atomic mass is 35.5. The molecule has 0 fully saturated rings. The number of hydrogen-bond acceptors (Lipinski definition) is 4. The van der Waals surface area contributed by atoms with Gasteiger partial charge in [0.15, 0.2) is 0 Å². The van der Waals surface area contributed by atoms with Gasteiger partial charge in [-0.1, -0.05) is 31.5 Å². The van der Waals surface area contributed by atoms with Crippen LogP contribution in [-0.2, 0) is 21.5 Å². The summed E-state index contributed by atoms with van der Waals surface area (Å²) >= 11 is 12.0. The molecule has 25 heavy (non-hydrogen) atoms. The van der Waals surface area contributed by atoms with E-state index in [2.05, 4.69) is 0 Å². The van der Waals surface area contributed by atoms with Crippen molar-refractivity contribution in [1.82, 2.24) is 4.90 Å². The van der Waals surface area contributed by atoms with Crippen molar-refractivity contribution in [2.24, 2.45) is 5.92 Å². The summed E-state index contributed by atoms with van der Waals surface area (Å²) in [6, 6.07) is 4.54. The number of rotatable bonds is 8. The van der Waals surface area contributed by atoms with Crippen LogP contribution in [0.15, 0.2) is 30.4 Å². The van der Waals surface area contributed by atoms with Crippen LogP contribution in [0.2, 0.25) is 5.02 Å². The van der Waals surface area contributed by atoms with Crippen molar-refractivity contribution < 1.29 is 17.4 Å². The molecule has 1 unspecified atom stereocenters. The predicted molar refractivity (Wildman–Crippen MR) is 102 cm³/mol. The summed E-state index contributed by atoms with van der Waals surface area (Å²) in [6.45, 7) is 6.52. The summed E-state index contributed by atoms with van der Waals surface area (Å²) in [5, 5.41) is 0.178. The molecule has 0 radical (unpaired) electrons. The molecule has 5 nitrogen and oxygen atoms in total. The molecule has 0 heterocycles. The van der Waals surface area contributed by atoms with Crippen molar-refractivity contribution in [3.63, 3.8) is 0 Å². The summed E-state index contributed by atoms with van der Waals surface area (Å²) in [5.41, 5.74) is 0.601. The van der Waals surface area contributed by atoms with Gasteiger partial charge < -0.3 is 9.08 Å². The van der Waals surface area contributed by atoms with Crippen molar-refractivity contribution in [1.29, 1.82) is 0 Å². The molecule has 1 aromatic carbocycles. The van der Waals surface area contributed by atoms with E-state index in [1.165, 1.54) is 18.2 Å². The van der Waals surface area contributed by atoms with Gasteiger partial charge in [-0.05, 0) is 36.6 Å². The minimum Gasteiger partial charge on any atom is -0.383 e. The highest BCUT2D eigenvalue weighted by Gasteiger charge is 2.16. The molecule has 0 aliphatic heterocycles. The monoisotopic (exact) mass is 407 g/mol. The standard InChI is InChI=1S/C17H23Cl2NO4S/c1-12(2)10-20(17(21)8-5-13(3)18)11-14-9-15(6-7-16(14)19)24-25(4,22)23/h5-9,12-13H,10-11H2,1-4H3/b8-5+. The maximum absolute atomic E-state index is 12.4. The topological polar surface area (TPSA) is 63.7 Å². The molecule has 1 rings (SSSR count). The third-order valence-corrected chi connectivity index (χ3v) is 4.04. The number of nitrogens with zero attached hydrogens (tertiary/aromatic N) is 1. The van der Waals surface area contributed by atoms with Crippen molar-refractivity contribution >= 4 is 39.2 Å². The fourth-order valence-electron chi connectivity index (χ4n) is 2.10. The van der Waals surface area contributed by atoms with Gasteiger partial charge in [-0.2, -0.15) is 8.42 Å². The molecule has 0 N–H and O–H groups in total. The molecule has 0 bridgehead atoms. The Labute approximate surface area is 159 Å². The van der Waals surface area contributed by atoms with E-state index in [-0.39, 0.29) is 29.5 Å². The number of carbonyl (C=O) groups excluding carboxylic acids is 1. The number of hydrogen-bond donors (Lipinski definition) is 0. The summed E-state index contributed by atoms with van der Waals surface area (Å²) in [5.74, 6) is 0.218. The minimum absolute atomic E-state index is 0.156. The van der Waals surface area contributed by atoms with Gasteiger partial charge in [0.05, 0.1) is 6.26 Å². The second-order valence-corrected chi connectivity index (χ2v) is 8.86. The molecule has 0 spiro atoms. The molecular weight excluding hydrogens is 385 g/mol. The van der Waals surface area contributed by atoms with Gasteiger partial charge in [-0.25, -0.2) is 0 Å². The predicted octanol–water partition coefficient (Wildman–Crippen LogP) is 3.85. The van der Waals surface area contributed by atoms with Crippen LogP contribution >= 0.6 is 23.2 Å². The normalized spacial score (nSPS) is 13.2. The van der Waals surface area contributed by atoms with Gasteiger partial charge in [0, 0.05) is 29.6 Å². The van der Waals surface area contributed by atoms with Crippen molar-refractivity contribution in [3.8, 4) is 5.75 Å². The minimum atomic E-state index is -3.64. The quantitative estimate of drug-likeness (QED) is 0.373. The smallest absolute Gasteiger partial charge is 0.306 e. The third kappa shape index (κ3) is 8.61. The lowest BCUT2D eigenvalue weighted by Gasteiger charge is -2.24. The molecule has 0 saturated heterocycles. The zero-order valence-corrected chi connectivity index (χ0v) is 17.0. The van der Waals surface area contributed by atoms with Crippen LogP contribution < -0.4 is 4.18 Å².